The van der Waals surface area contributed by atoms with Crippen LogP contribution < -0.4 is 10.2 Å². The maximum Gasteiger partial charge on any atom is 0.158 e. The Morgan fingerprint density at radius 3 is 2.66 bits per heavy atom. The van der Waals surface area contributed by atoms with E-state index in [0.717, 1.165) is 20.7 Å². The van der Waals surface area contributed by atoms with Crippen molar-refractivity contribution in [1.29, 1.82) is 0 Å². The van der Waals surface area contributed by atoms with E-state index in [9.17, 15) is 5.11 Å². The molecule has 29 heavy (non-hydrogen) atoms. The molecule has 2 N–H and O–H groups in total. The molecule has 4 rings (SSSR count). The van der Waals surface area contributed by atoms with Crippen LogP contribution in [-0.4, -0.2) is 27.9 Å². The van der Waals surface area contributed by atoms with Crippen LogP contribution in [-0.2, 0) is 0 Å². The zero-order chi connectivity index (χ0) is 20.4. The van der Waals surface area contributed by atoms with Gasteiger partial charge in [-0.15, -0.1) is 11.3 Å². The maximum absolute atomic E-state index is 10.2. The molecule has 0 aliphatic rings. The Bertz CT molecular complexity index is 1200. The highest BCUT2D eigenvalue weighted by atomic mass is 32.1. The fraction of sp³-hybridized carbons (Fsp3) is 0.136. The molecule has 4 aromatic rings. The maximum atomic E-state index is 10.2. The number of benzene rings is 2. The zero-order valence-corrected chi connectivity index (χ0v) is 17.1. The summed E-state index contributed by atoms with van der Waals surface area (Å²) >= 11 is 1.62. The number of nitrogens with zero attached hydrogens (tertiary/aromatic N) is 3. The van der Waals surface area contributed by atoms with Crippen LogP contribution in [0.5, 0.6) is 11.5 Å². The molecule has 0 saturated carbocycles. The first-order chi connectivity index (χ1) is 14.0. The van der Waals surface area contributed by atoms with Gasteiger partial charge in [-0.3, -0.25) is 5.43 Å². The van der Waals surface area contributed by atoms with Gasteiger partial charge in [0, 0.05) is 10.4 Å². The fourth-order valence-electron chi connectivity index (χ4n) is 2.99. The number of hydrazone groups is 1. The summed E-state index contributed by atoms with van der Waals surface area (Å²) in [7, 11) is 1.59. The minimum Gasteiger partial charge on any atom is -0.507 e. The quantitative estimate of drug-likeness (QED) is 0.352. The largest absolute Gasteiger partial charge is 0.507 e. The van der Waals surface area contributed by atoms with Crippen molar-refractivity contribution in [2.24, 2.45) is 5.10 Å². The lowest BCUT2D eigenvalue weighted by molar-refractivity contribution is 0.412. The SMILES string of the molecule is COc1ccc(O)c(C(C)=NNc2nc(C)nc3sc(-c4ccccc4)cc23)c1. The van der Waals surface area contributed by atoms with Gasteiger partial charge >= 0.3 is 0 Å². The molecule has 0 spiro atoms. The van der Waals surface area contributed by atoms with Gasteiger partial charge < -0.3 is 9.84 Å². The van der Waals surface area contributed by atoms with Gasteiger partial charge in [-0.2, -0.15) is 5.10 Å². The van der Waals surface area contributed by atoms with Crippen LogP contribution in [0.1, 0.15) is 18.3 Å². The van der Waals surface area contributed by atoms with Crippen molar-refractivity contribution >= 4 is 33.1 Å². The summed E-state index contributed by atoms with van der Waals surface area (Å²) in [6, 6.07) is 17.3. The second-order valence-electron chi connectivity index (χ2n) is 6.51. The van der Waals surface area contributed by atoms with Crippen molar-refractivity contribution in [2.45, 2.75) is 13.8 Å². The van der Waals surface area contributed by atoms with Crippen molar-refractivity contribution in [2.75, 3.05) is 12.5 Å². The molecule has 0 saturated heterocycles. The van der Waals surface area contributed by atoms with Gasteiger partial charge in [-0.25, -0.2) is 9.97 Å². The smallest absolute Gasteiger partial charge is 0.158 e. The molecule has 0 bridgehead atoms. The van der Waals surface area contributed by atoms with E-state index in [1.54, 1.807) is 36.6 Å². The van der Waals surface area contributed by atoms with Crippen LogP contribution >= 0.6 is 11.3 Å². The summed E-state index contributed by atoms with van der Waals surface area (Å²) in [6.07, 6.45) is 0. The predicted octanol–water partition coefficient (Wildman–Crippen LogP) is 5.22. The molecule has 0 aliphatic carbocycles. The standard InChI is InChI=1S/C22H20N4O2S/c1-13(17-11-16(28-3)9-10-19(17)27)25-26-21-18-12-20(15-7-5-4-6-8-15)29-22(18)24-14(2)23-21/h4-12,27H,1-3H3,(H,23,24,26). The van der Waals surface area contributed by atoms with Crippen molar-refractivity contribution in [3.8, 4) is 21.9 Å². The first kappa shape index (κ1) is 18.9. The number of anilines is 1. The molecule has 0 fully saturated rings. The Hall–Kier alpha value is -3.45. The van der Waals surface area contributed by atoms with E-state index in [2.05, 4.69) is 38.7 Å². The number of methoxy groups -OCH3 is 1. The molecule has 7 heteroatoms. The Morgan fingerprint density at radius 1 is 1.10 bits per heavy atom. The normalized spacial score (nSPS) is 11.6. The molecular formula is C22H20N4O2S. The Balaban J connectivity index is 1.71. The second kappa shape index (κ2) is 7.89. The molecule has 0 aliphatic heterocycles. The lowest BCUT2D eigenvalue weighted by Crippen LogP contribution is -2.03. The molecule has 0 unspecified atom stereocenters. The van der Waals surface area contributed by atoms with Crippen LogP contribution in [0.4, 0.5) is 5.82 Å². The number of phenolic OH excluding ortho intramolecular Hbond substituents is 1. The average Bonchev–Trinajstić information content (AvgIpc) is 3.17. The number of aromatic nitrogens is 2. The van der Waals surface area contributed by atoms with Crippen LogP contribution in [0.25, 0.3) is 20.7 Å². The molecule has 0 radical (unpaired) electrons. The lowest BCUT2D eigenvalue weighted by atomic mass is 10.1. The van der Waals surface area contributed by atoms with E-state index in [4.69, 9.17) is 4.74 Å². The molecule has 146 valence electrons. The molecule has 0 amide bonds. The van der Waals surface area contributed by atoms with Crippen molar-refractivity contribution in [1.82, 2.24) is 9.97 Å². The van der Waals surface area contributed by atoms with Crippen LogP contribution in [0.15, 0.2) is 59.7 Å². The highest BCUT2D eigenvalue weighted by Gasteiger charge is 2.12. The number of thiophene rings is 1. The van der Waals surface area contributed by atoms with E-state index in [1.165, 1.54) is 0 Å². The van der Waals surface area contributed by atoms with Gasteiger partial charge in [-0.05, 0) is 43.7 Å². The van der Waals surface area contributed by atoms with Gasteiger partial charge in [0.15, 0.2) is 5.82 Å². The molecule has 0 atom stereocenters. The summed E-state index contributed by atoms with van der Waals surface area (Å²) in [4.78, 5) is 11.1. The van der Waals surface area contributed by atoms with Gasteiger partial charge in [0.2, 0.25) is 0 Å². The zero-order valence-electron chi connectivity index (χ0n) is 16.3. The summed E-state index contributed by atoms with van der Waals surface area (Å²) in [5.41, 5.74) is 5.39. The Labute approximate surface area is 172 Å². The topological polar surface area (TPSA) is 79.6 Å². The molecule has 2 aromatic carbocycles. The van der Waals surface area contributed by atoms with Crippen LogP contribution in [0.2, 0.25) is 0 Å². The van der Waals surface area contributed by atoms with Gasteiger partial charge in [0.05, 0.1) is 18.2 Å². The molecule has 2 heterocycles. The number of rotatable bonds is 5. The van der Waals surface area contributed by atoms with Crippen molar-refractivity contribution < 1.29 is 9.84 Å². The third-order valence-corrected chi connectivity index (χ3v) is 5.56. The first-order valence-corrected chi connectivity index (χ1v) is 9.88. The van der Waals surface area contributed by atoms with E-state index >= 15 is 0 Å². The molecule has 2 aromatic heterocycles. The van der Waals surface area contributed by atoms with Gasteiger partial charge in [0.1, 0.15) is 22.2 Å². The van der Waals surface area contributed by atoms with Crippen LogP contribution in [0.3, 0.4) is 0 Å². The number of phenols is 1. The van der Waals surface area contributed by atoms with E-state index in [-0.39, 0.29) is 5.75 Å². The number of aryl methyl sites for hydroxylation is 1. The summed E-state index contributed by atoms with van der Waals surface area (Å²) < 4.78 is 5.24. The predicted molar refractivity (Wildman–Crippen MR) is 118 cm³/mol. The number of hydrogen-bond acceptors (Lipinski definition) is 7. The third kappa shape index (κ3) is 3.90. The number of nitrogens with one attached hydrogen (secondary N) is 1. The van der Waals surface area contributed by atoms with Crippen molar-refractivity contribution in [3.63, 3.8) is 0 Å². The van der Waals surface area contributed by atoms with E-state index in [0.29, 0.717) is 28.7 Å². The van der Waals surface area contributed by atoms with Crippen LogP contribution in [0, 0.1) is 6.92 Å². The monoisotopic (exact) mass is 404 g/mol. The Kier molecular flexibility index (Phi) is 5.14. The van der Waals surface area contributed by atoms with Crippen molar-refractivity contribution in [3.05, 3.63) is 66.0 Å². The Morgan fingerprint density at radius 2 is 1.90 bits per heavy atom. The first-order valence-electron chi connectivity index (χ1n) is 9.06. The van der Waals surface area contributed by atoms with Gasteiger partial charge in [-0.1, -0.05) is 30.3 Å². The summed E-state index contributed by atoms with van der Waals surface area (Å²) in [6.45, 7) is 3.67. The lowest BCUT2D eigenvalue weighted by Gasteiger charge is -2.08. The highest BCUT2D eigenvalue weighted by molar-refractivity contribution is 7.21. The van der Waals surface area contributed by atoms with Gasteiger partial charge in [0.25, 0.3) is 0 Å². The fourth-order valence-corrected chi connectivity index (χ4v) is 4.07. The van der Waals surface area contributed by atoms with E-state index < -0.39 is 0 Å². The molecule has 6 nitrogen and oxygen atoms in total. The highest BCUT2D eigenvalue weighted by Crippen LogP contribution is 2.35. The van der Waals surface area contributed by atoms with E-state index in [1.807, 2.05) is 32.0 Å². The number of hydrogen-bond donors (Lipinski definition) is 2. The average molecular weight is 404 g/mol. The number of ether oxygens (including phenoxy) is 1. The third-order valence-electron chi connectivity index (χ3n) is 4.49. The number of aromatic hydroxyl groups is 1. The summed E-state index contributed by atoms with van der Waals surface area (Å²) in [5, 5.41) is 15.5. The minimum atomic E-state index is 0.139. The minimum absolute atomic E-state index is 0.139. The second-order valence-corrected chi connectivity index (χ2v) is 7.54. The number of fused-ring (bicyclic) bond motifs is 1. The summed E-state index contributed by atoms with van der Waals surface area (Å²) in [5.74, 6) is 2.09. The molecular weight excluding hydrogens is 384 g/mol.